The largest absolute Gasteiger partial charge is 0.331 e. The molecule has 122 valence electrons. The summed E-state index contributed by atoms with van der Waals surface area (Å²) < 4.78 is 0. The number of amides is 2. The molecule has 0 spiro atoms. The van der Waals surface area contributed by atoms with E-state index in [1.165, 1.54) is 16.0 Å². The molecule has 1 aromatic carbocycles. The fourth-order valence-corrected chi connectivity index (χ4v) is 3.09. The molecule has 4 rings (SSSR count). The summed E-state index contributed by atoms with van der Waals surface area (Å²) in [6.45, 7) is 0.229. The first-order valence-corrected chi connectivity index (χ1v) is 8.01. The Kier molecular flexibility index (Phi) is 3.71. The van der Waals surface area contributed by atoms with E-state index in [1.54, 1.807) is 24.5 Å². The van der Waals surface area contributed by atoms with Crippen LogP contribution in [0.4, 0.5) is 16.3 Å². The minimum atomic E-state index is -0.627. The quantitative estimate of drug-likeness (QED) is 0.708. The number of urea groups is 1. The predicted molar refractivity (Wildman–Crippen MR) is 95.6 cm³/mol. The Hall–Kier alpha value is -3.17. The van der Waals surface area contributed by atoms with Gasteiger partial charge in [0, 0.05) is 23.2 Å². The summed E-state index contributed by atoms with van der Waals surface area (Å²) >= 11 is 5.86. The summed E-state index contributed by atoms with van der Waals surface area (Å²) in [7, 11) is 0. The van der Waals surface area contributed by atoms with Gasteiger partial charge in [-0.25, -0.2) is 9.78 Å². The van der Waals surface area contributed by atoms with Gasteiger partial charge < -0.3 is 0 Å². The lowest BCUT2D eigenvalue weighted by Gasteiger charge is -2.20. The van der Waals surface area contributed by atoms with Crippen LogP contribution in [0.5, 0.6) is 0 Å². The summed E-state index contributed by atoms with van der Waals surface area (Å²) in [5.41, 5.74) is 0.617. The van der Waals surface area contributed by atoms with E-state index in [2.05, 4.69) is 16.0 Å². The maximum Gasteiger partial charge on any atom is 0.331 e. The van der Waals surface area contributed by atoms with Crippen LogP contribution >= 0.6 is 11.6 Å². The zero-order valence-corrected chi connectivity index (χ0v) is 13.8. The minimum absolute atomic E-state index is 0.229. The van der Waals surface area contributed by atoms with Gasteiger partial charge in [0.05, 0.1) is 29.5 Å². The molecule has 0 N–H and O–H groups in total. The zero-order valence-electron chi connectivity index (χ0n) is 13.0. The summed E-state index contributed by atoms with van der Waals surface area (Å²) in [5, 5.41) is 11.8. The molecule has 3 aromatic rings. The van der Waals surface area contributed by atoms with E-state index >= 15 is 0 Å². The van der Waals surface area contributed by atoms with Crippen molar-refractivity contribution in [1.29, 1.82) is 5.26 Å². The summed E-state index contributed by atoms with van der Waals surface area (Å²) in [6, 6.07) is 12.2. The molecule has 2 aromatic heterocycles. The van der Waals surface area contributed by atoms with Crippen LogP contribution in [0.1, 0.15) is 0 Å². The zero-order chi connectivity index (χ0) is 17.4. The Morgan fingerprint density at radius 2 is 2.00 bits per heavy atom. The van der Waals surface area contributed by atoms with Crippen LogP contribution < -0.4 is 9.80 Å². The molecule has 3 heterocycles. The number of nitriles is 1. The average Bonchev–Trinajstić information content (AvgIpc) is 2.98. The van der Waals surface area contributed by atoms with E-state index in [4.69, 9.17) is 11.6 Å². The summed E-state index contributed by atoms with van der Waals surface area (Å²) in [5.74, 6) is 0.463. The van der Waals surface area contributed by atoms with Crippen LogP contribution in [0, 0.1) is 11.3 Å². The number of pyridine rings is 2. The van der Waals surface area contributed by atoms with E-state index in [0.717, 1.165) is 10.8 Å². The van der Waals surface area contributed by atoms with Crippen molar-refractivity contribution >= 4 is 39.9 Å². The Morgan fingerprint density at radius 3 is 2.76 bits per heavy atom. The van der Waals surface area contributed by atoms with Crippen LogP contribution in [0.15, 0.2) is 55.0 Å². The third-order valence-electron chi connectivity index (χ3n) is 4.15. The van der Waals surface area contributed by atoms with Crippen molar-refractivity contribution in [2.24, 2.45) is 0 Å². The normalized spacial score (nSPS) is 17.1. The molecular weight excluding hydrogens is 338 g/mol. The predicted octanol–water partition coefficient (Wildman–Crippen LogP) is 3.62. The Labute approximate surface area is 148 Å². The standard InChI is InChI=1S/C18H12ClN5O/c19-13-5-6-17(22-9-13)23-11-14(7-20)24(18(23)25)16-10-21-8-12-3-1-2-4-15(12)16/h1-6,8-10,14H,11H2/t14-/m0/s1. The van der Waals surface area contributed by atoms with E-state index in [9.17, 15) is 10.1 Å². The number of nitrogens with zero attached hydrogens (tertiary/aromatic N) is 5. The van der Waals surface area contributed by atoms with Gasteiger partial charge >= 0.3 is 6.03 Å². The van der Waals surface area contributed by atoms with Crippen molar-refractivity contribution in [2.45, 2.75) is 6.04 Å². The molecule has 1 aliphatic rings. The van der Waals surface area contributed by atoms with E-state index in [-0.39, 0.29) is 12.6 Å². The van der Waals surface area contributed by atoms with Gasteiger partial charge in [0.2, 0.25) is 0 Å². The lowest BCUT2D eigenvalue weighted by atomic mass is 10.1. The van der Waals surface area contributed by atoms with Gasteiger partial charge in [-0.3, -0.25) is 14.8 Å². The molecule has 0 radical (unpaired) electrons. The Bertz CT molecular complexity index is 993. The molecule has 0 bridgehead atoms. The molecule has 1 saturated heterocycles. The van der Waals surface area contributed by atoms with Crippen molar-refractivity contribution < 1.29 is 4.79 Å². The number of rotatable bonds is 2. The molecule has 0 saturated carbocycles. The molecular formula is C18H12ClN5O. The highest BCUT2D eigenvalue weighted by atomic mass is 35.5. The smallest absolute Gasteiger partial charge is 0.275 e. The van der Waals surface area contributed by atoms with Gasteiger partial charge in [0.15, 0.2) is 0 Å². The fourth-order valence-electron chi connectivity index (χ4n) is 2.98. The number of anilines is 2. The fraction of sp³-hybridized carbons (Fsp3) is 0.111. The van der Waals surface area contributed by atoms with Crippen LogP contribution in [-0.2, 0) is 0 Å². The van der Waals surface area contributed by atoms with Crippen LogP contribution in [0.3, 0.4) is 0 Å². The Morgan fingerprint density at radius 1 is 1.16 bits per heavy atom. The Balaban J connectivity index is 1.80. The van der Waals surface area contributed by atoms with Gasteiger partial charge in [-0.05, 0) is 12.1 Å². The van der Waals surface area contributed by atoms with Crippen LogP contribution in [0.2, 0.25) is 5.02 Å². The maximum atomic E-state index is 13.0. The number of benzene rings is 1. The van der Waals surface area contributed by atoms with Gasteiger partial charge in [-0.2, -0.15) is 5.26 Å². The topological polar surface area (TPSA) is 73.1 Å². The highest BCUT2D eigenvalue weighted by Gasteiger charge is 2.40. The molecule has 2 amide bonds. The second-order valence-electron chi connectivity index (χ2n) is 5.62. The van der Waals surface area contributed by atoms with Crippen LogP contribution in [-0.4, -0.2) is 28.6 Å². The number of aromatic nitrogens is 2. The first kappa shape index (κ1) is 15.4. The lowest BCUT2D eigenvalue weighted by Crippen LogP contribution is -2.34. The van der Waals surface area contributed by atoms with Gasteiger partial charge in [-0.1, -0.05) is 35.9 Å². The average molecular weight is 350 g/mol. The first-order valence-electron chi connectivity index (χ1n) is 7.63. The molecule has 0 unspecified atom stereocenters. The number of hydrogen-bond donors (Lipinski definition) is 0. The number of carbonyl (C=O) groups excluding carboxylic acids is 1. The molecule has 6 nitrogen and oxygen atoms in total. The maximum absolute atomic E-state index is 13.0. The second-order valence-corrected chi connectivity index (χ2v) is 6.06. The van der Waals surface area contributed by atoms with Gasteiger partial charge in [0.1, 0.15) is 11.9 Å². The third-order valence-corrected chi connectivity index (χ3v) is 4.37. The van der Waals surface area contributed by atoms with E-state index < -0.39 is 6.04 Å². The van der Waals surface area contributed by atoms with Crippen molar-refractivity contribution in [2.75, 3.05) is 16.3 Å². The van der Waals surface area contributed by atoms with Gasteiger partial charge in [0.25, 0.3) is 0 Å². The number of carbonyl (C=O) groups is 1. The van der Waals surface area contributed by atoms with Crippen LogP contribution in [0.25, 0.3) is 10.8 Å². The number of halogens is 1. The molecule has 1 fully saturated rings. The van der Waals surface area contributed by atoms with E-state index in [0.29, 0.717) is 16.5 Å². The number of hydrogen-bond acceptors (Lipinski definition) is 4. The van der Waals surface area contributed by atoms with Crippen molar-refractivity contribution in [3.05, 3.63) is 60.0 Å². The highest BCUT2D eigenvalue weighted by molar-refractivity contribution is 6.30. The first-order chi connectivity index (χ1) is 12.2. The highest BCUT2D eigenvalue weighted by Crippen LogP contribution is 2.32. The molecule has 1 aliphatic heterocycles. The monoisotopic (exact) mass is 349 g/mol. The number of fused-ring (bicyclic) bond motifs is 1. The minimum Gasteiger partial charge on any atom is -0.275 e. The van der Waals surface area contributed by atoms with Crippen molar-refractivity contribution in [3.63, 3.8) is 0 Å². The SMILES string of the molecule is N#C[C@H]1CN(c2ccc(Cl)cn2)C(=O)N1c1cncc2ccccc12. The summed E-state index contributed by atoms with van der Waals surface area (Å²) in [6.07, 6.45) is 4.83. The lowest BCUT2D eigenvalue weighted by molar-refractivity contribution is 0.255. The van der Waals surface area contributed by atoms with Crippen molar-refractivity contribution in [1.82, 2.24) is 9.97 Å². The molecule has 0 aliphatic carbocycles. The molecule has 7 heteroatoms. The van der Waals surface area contributed by atoms with Gasteiger partial charge in [-0.15, -0.1) is 0 Å². The van der Waals surface area contributed by atoms with E-state index in [1.807, 2.05) is 24.3 Å². The third kappa shape index (κ3) is 2.55. The van der Waals surface area contributed by atoms with Crippen molar-refractivity contribution in [3.8, 4) is 6.07 Å². The molecule has 1 atom stereocenters. The summed E-state index contributed by atoms with van der Waals surface area (Å²) in [4.78, 5) is 24.4. The second kappa shape index (κ2) is 6.04. The molecule has 25 heavy (non-hydrogen) atoms.